The van der Waals surface area contributed by atoms with Gasteiger partial charge in [0.15, 0.2) is 11.4 Å². The number of sulfonamides is 1. The maximum absolute atomic E-state index is 14.0. The zero-order valence-corrected chi connectivity index (χ0v) is 19.7. The van der Waals surface area contributed by atoms with E-state index in [1.54, 1.807) is 19.1 Å². The molecule has 2 aromatic carbocycles. The van der Waals surface area contributed by atoms with Gasteiger partial charge >= 0.3 is 0 Å². The number of anilines is 1. The Balaban J connectivity index is 1.79. The first-order chi connectivity index (χ1) is 15.6. The summed E-state index contributed by atoms with van der Waals surface area (Å²) in [5.74, 6) is -0.459. The van der Waals surface area contributed by atoms with Gasteiger partial charge in [-0.25, -0.2) is 22.5 Å². The van der Waals surface area contributed by atoms with Gasteiger partial charge in [-0.2, -0.15) is 0 Å². The van der Waals surface area contributed by atoms with E-state index in [0.29, 0.717) is 16.5 Å². The SMILES string of the molecule is CNS(=O)(=O)c1cccc(-c2coc3c(O[C@H](C)c4c(Cl)ccc(F)c4Cl)c(N)ncc23)c1. The second kappa shape index (κ2) is 8.83. The summed E-state index contributed by atoms with van der Waals surface area (Å²) in [4.78, 5) is 4.28. The molecule has 1 atom stereocenters. The van der Waals surface area contributed by atoms with Crippen molar-refractivity contribution >= 4 is 50.0 Å². The van der Waals surface area contributed by atoms with E-state index >= 15 is 0 Å². The van der Waals surface area contributed by atoms with Crippen LogP contribution in [0.25, 0.3) is 22.1 Å². The smallest absolute Gasteiger partial charge is 0.240 e. The fourth-order valence-corrected chi connectivity index (χ4v) is 4.87. The summed E-state index contributed by atoms with van der Waals surface area (Å²) in [7, 11) is -2.30. The molecular weight excluding hydrogens is 492 g/mol. The molecule has 0 spiro atoms. The largest absolute Gasteiger partial charge is 0.478 e. The van der Waals surface area contributed by atoms with Crippen LogP contribution in [0.5, 0.6) is 5.75 Å². The van der Waals surface area contributed by atoms with E-state index in [2.05, 4.69) is 9.71 Å². The van der Waals surface area contributed by atoms with Crippen LogP contribution in [0, 0.1) is 5.82 Å². The highest BCUT2D eigenvalue weighted by Crippen LogP contribution is 2.41. The minimum absolute atomic E-state index is 0.0467. The summed E-state index contributed by atoms with van der Waals surface area (Å²) in [6.07, 6.45) is 2.17. The number of fused-ring (bicyclic) bond motifs is 1. The molecule has 0 amide bonds. The minimum Gasteiger partial charge on any atom is -0.478 e. The van der Waals surface area contributed by atoms with E-state index < -0.39 is 21.9 Å². The van der Waals surface area contributed by atoms with Crippen LogP contribution in [-0.4, -0.2) is 20.4 Å². The second-order valence-corrected chi connectivity index (χ2v) is 9.79. The standard InChI is InChI=1S/C22H18Cl2FN3O4S/c1-11(18-16(23)6-7-17(25)19(18)24)32-21-20-14(9-28-22(21)26)15(10-31-20)12-4-3-5-13(8-12)33(29,30)27-2/h3-11,27H,1-2H3,(H2,26,28)/t11-/m1/s1. The molecule has 2 heterocycles. The molecule has 11 heteroatoms. The van der Waals surface area contributed by atoms with Crippen molar-refractivity contribution < 1.29 is 22.0 Å². The Kier molecular flexibility index (Phi) is 6.24. The van der Waals surface area contributed by atoms with Gasteiger partial charge in [-0.1, -0.05) is 35.3 Å². The van der Waals surface area contributed by atoms with Crippen LogP contribution in [-0.2, 0) is 10.0 Å². The lowest BCUT2D eigenvalue weighted by Crippen LogP contribution is -2.18. The van der Waals surface area contributed by atoms with Gasteiger partial charge in [0.05, 0.1) is 21.6 Å². The van der Waals surface area contributed by atoms with E-state index in [-0.39, 0.29) is 37.7 Å². The fourth-order valence-electron chi connectivity index (χ4n) is 3.42. The number of benzene rings is 2. The molecule has 0 unspecified atom stereocenters. The maximum Gasteiger partial charge on any atom is 0.240 e. The van der Waals surface area contributed by atoms with Crippen molar-refractivity contribution in [1.29, 1.82) is 0 Å². The number of pyridine rings is 1. The second-order valence-electron chi connectivity index (χ2n) is 7.12. The topological polar surface area (TPSA) is 107 Å². The lowest BCUT2D eigenvalue weighted by Gasteiger charge is -2.18. The molecule has 3 N–H and O–H groups in total. The van der Waals surface area contributed by atoms with Crippen molar-refractivity contribution in [1.82, 2.24) is 9.71 Å². The lowest BCUT2D eigenvalue weighted by atomic mass is 10.1. The number of hydrogen-bond acceptors (Lipinski definition) is 6. The summed E-state index contributed by atoms with van der Waals surface area (Å²) in [6, 6.07) is 8.91. The number of aromatic nitrogens is 1. The van der Waals surface area contributed by atoms with Crippen molar-refractivity contribution in [2.75, 3.05) is 12.8 Å². The molecule has 4 aromatic rings. The van der Waals surface area contributed by atoms with E-state index in [9.17, 15) is 12.8 Å². The first-order valence-corrected chi connectivity index (χ1v) is 11.9. The van der Waals surface area contributed by atoms with Crippen LogP contribution < -0.4 is 15.2 Å². The number of hydrogen-bond donors (Lipinski definition) is 2. The van der Waals surface area contributed by atoms with Crippen LogP contribution in [0.4, 0.5) is 10.2 Å². The van der Waals surface area contributed by atoms with Crippen LogP contribution in [0.1, 0.15) is 18.6 Å². The van der Waals surface area contributed by atoms with Crippen LogP contribution in [0.15, 0.2) is 58.2 Å². The third kappa shape index (κ3) is 4.24. The highest BCUT2D eigenvalue weighted by atomic mass is 35.5. The third-order valence-corrected chi connectivity index (χ3v) is 7.23. The van der Waals surface area contributed by atoms with E-state index in [0.717, 1.165) is 0 Å². The first kappa shape index (κ1) is 23.3. The molecule has 0 saturated heterocycles. The predicted octanol–water partition coefficient (Wildman–Crippen LogP) is 5.57. The zero-order chi connectivity index (χ0) is 23.9. The quantitative estimate of drug-likeness (QED) is 0.329. The zero-order valence-electron chi connectivity index (χ0n) is 17.4. The molecule has 4 rings (SSSR count). The minimum atomic E-state index is -3.63. The van der Waals surface area contributed by atoms with Gasteiger partial charge < -0.3 is 14.9 Å². The van der Waals surface area contributed by atoms with Crippen molar-refractivity contribution in [3.8, 4) is 16.9 Å². The Hall–Kier alpha value is -2.85. The summed E-state index contributed by atoms with van der Waals surface area (Å²) in [6.45, 7) is 1.64. The van der Waals surface area contributed by atoms with Gasteiger partial charge in [-0.3, -0.25) is 0 Å². The molecular formula is C22H18Cl2FN3O4S. The molecule has 0 saturated carbocycles. The molecule has 172 valence electrons. The summed E-state index contributed by atoms with van der Waals surface area (Å²) in [5.41, 5.74) is 7.76. The Bertz CT molecular complexity index is 1470. The van der Waals surface area contributed by atoms with Gasteiger partial charge in [0, 0.05) is 22.3 Å². The lowest BCUT2D eigenvalue weighted by molar-refractivity contribution is 0.227. The van der Waals surface area contributed by atoms with E-state index in [1.165, 1.54) is 43.8 Å². The van der Waals surface area contributed by atoms with Crippen LogP contribution in [0.3, 0.4) is 0 Å². The van der Waals surface area contributed by atoms with Crippen molar-refractivity contribution in [3.05, 3.63) is 70.3 Å². The van der Waals surface area contributed by atoms with Gasteiger partial charge in [0.2, 0.25) is 15.8 Å². The first-order valence-electron chi connectivity index (χ1n) is 9.63. The fraction of sp³-hybridized carbons (Fsp3) is 0.136. The molecule has 0 aliphatic rings. The van der Waals surface area contributed by atoms with Gasteiger partial charge in [0.25, 0.3) is 0 Å². The number of nitrogens with zero attached hydrogens (tertiary/aromatic N) is 1. The van der Waals surface area contributed by atoms with Crippen molar-refractivity contribution in [2.24, 2.45) is 0 Å². The molecule has 7 nitrogen and oxygen atoms in total. The Labute approximate surface area is 199 Å². The molecule has 0 radical (unpaired) electrons. The Morgan fingerprint density at radius 2 is 2.00 bits per heavy atom. The van der Waals surface area contributed by atoms with Crippen molar-refractivity contribution in [3.63, 3.8) is 0 Å². The van der Waals surface area contributed by atoms with Crippen molar-refractivity contribution in [2.45, 2.75) is 17.9 Å². The molecule has 33 heavy (non-hydrogen) atoms. The van der Waals surface area contributed by atoms with Gasteiger partial charge in [-0.05, 0) is 43.8 Å². The summed E-state index contributed by atoms with van der Waals surface area (Å²) in [5, 5.41) is 0.619. The van der Waals surface area contributed by atoms with Crippen LogP contribution >= 0.6 is 23.2 Å². The molecule has 2 aromatic heterocycles. The van der Waals surface area contributed by atoms with Gasteiger partial charge in [0.1, 0.15) is 11.9 Å². The Morgan fingerprint density at radius 1 is 1.24 bits per heavy atom. The van der Waals surface area contributed by atoms with E-state index in [1.807, 2.05) is 0 Å². The number of rotatable bonds is 6. The van der Waals surface area contributed by atoms with Crippen LogP contribution in [0.2, 0.25) is 10.0 Å². The predicted molar refractivity (Wildman–Crippen MR) is 126 cm³/mol. The number of nitrogens with one attached hydrogen (secondary N) is 1. The monoisotopic (exact) mass is 509 g/mol. The molecule has 0 aliphatic heterocycles. The van der Waals surface area contributed by atoms with Gasteiger partial charge in [-0.15, -0.1) is 0 Å². The average Bonchev–Trinajstić information content (AvgIpc) is 3.23. The highest BCUT2D eigenvalue weighted by molar-refractivity contribution is 7.89. The third-order valence-electron chi connectivity index (χ3n) is 5.11. The summed E-state index contributed by atoms with van der Waals surface area (Å²) >= 11 is 12.3. The number of ether oxygens (including phenoxy) is 1. The van der Waals surface area contributed by atoms with E-state index in [4.69, 9.17) is 38.1 Å². The normalized spacial score (nSPS) is 12.8. The maximum atomic E-state index is 14.0. The number of nitrogen functional groups attached to an aromatic ring is 1. The number of furan rings is 1. The average molecular weight is 510 g/mol. The molecule has 0 bridgehead atoms. The number of halogens is 3. The molecule has 0 fully saturated rings. The number of nitrogens with two attached hydrogens (primary N) is 1. The summed E-state index contributed by atoms with van der Waals surface area (Å²) < 4.78 is 52.4. The molecule has 0 aliphatic carbocycles. The highest BCUT2D eigenvalue weighted by Gasteiger charge is 2.23. The Morgan fingerprint density at radius 3 is 2.73 bits per heavy atom.